The third-order valence-corrected chi connectivity index (χ3v) is 6.06. The zero-order valence-electron chi connectivity index (χ0n) is 15.7. The fourth-order valence-electron chi connectivity index (χ4n) is 3.27. The molecule has 0 saturated heterocycles. The lowest BCUT2D eigenvalue weighted by Gasteiger charge is -2.19. The van der Waals surface area contributed by atoms with Crippen LogP contribution in [-0.2, 0) is 4.79 Å². The first-order valence-electron chi connectivity index (χ1n) is 9.09. The summed E-state index contributed by atoms with van der Waals surface area (Å²) in [6, 6.07) is 13.4. The monoisotopic (exact) mass is 460 g/mol. The molecule has 0 radical (unpaired) electrons. The fourth-order valence-corrected chi connectivity index (χ4v) is 4.45. The van der Waals surface area contributed by atoms with Gasteiger partial charge in [-0.05, 0) is 29.3 Å². The van der Waals surface area contributed by atoms with E-state index in [1.165, 1.54) is 11.8 Å². The standard InChI is InChI=1S/C20H18Cl2N6OS/c21-11-5-6-12(16(22)7-11)14(15-8-24-17-4-2-1-3-13(15)17)9-25-18(29)10-30-20-26-19(23)27-28-20/h1-8,14,24H,9-10H2,(H,25,29)(H3,23,26,27,28)/t14-/m1/s1. The Morgan fingerprint density at radius 1 is 1.20 bits per heavy atom. The zero-order chi connectivity index (χ0) is 21.1. The highest BCUT2D eigenvalue weighted by molar-refractivity contribution is 7.99. The van der Waals surface area contributed by atoms with Gasteiger partial charge in [-0.15, -0.1) is 5.10 Å². The number of aromatic nitrogens is 4. The van der Waals surface area contributed by atoms with Crippen LogP contribution in [0.5, 0.6) is 0 Å². The Morgan fingerprint density at radius 3 is 2.80 bits per heavy atom. The van der Waals surface area contributed by atoms with E-state index in [4.69, 9.17) is 28.9 Å². The van der Waals surface area contributed by atoms with E-state index in [1.807, 2.05) is 36.5 Å². The quantitative estimate of drug-likeness (QED) is 0.308. The number of hydrogen-bond acceptors (Lipinski definition) is 5. The van der Waals surface area contributed by atoms with Gasteiger partial charge in [0.15, 0.2) is 0 Å². The highest BCUT2D eigenvalue weighted by Gasteiger charge is 2.21. The highest BCUT2D eigenvalue weighted by atomic mass is 35.5. The van der Waals surface area contributed by atoms with Crippen LogP contribution in [0.15, 0.2) is 53.8 Å². The minimum Gasteiger partial charge on any atom is -0.368 e. The number of carbonyl (C=O) groups excluding carboxylic acids is 1. The molecule has 0 unspecified atom stereocenters. The number of amides is 1. The van der Waals surface area contributed by atoms with Crippen LogP contribution in [0.3, 0.4) is 0 Å². The van der Waals surface area contributed by atoms with Crippen molar-refractivity contribution in [2.24, 2.45) is 0 Å². The van der Waals surface area contributed by atoms with Crippen LogP contribution in [0.4, 0.5) is 5.95 Å². The summed E-state index contributed by atoms with van der Waals surface area (Å²) in [5.74, 6) is 0.0960. The maximum absolute atomic E-state index is 12.4. The lowest BCUT2D eigenvalue weighted by atomic mass is 9.90. The number of nitrogens with two attached hydrogens (primary N) is 1. The van der Waals surface area contributed by atoms with Gasteiger partial charge in [-0.1, -0.05) is 59.2 Å². The van der Waals surface area contributed by atoms with Crippen LogP contribution in [0.2, 0.25) is 10.0 Å². The summed E-state index contributed by atoms with van der Waals surface area (Å²) in [6.07, 6.45) is 1.96. The molecule has 4 rings (SSSR count). The molecular formula is C20H18Cl2N6OS. The summed E-state index contributed by atoms with van der Waals surface area (Å²) < 4.78 is 0. The van der Waals surface area contributed by atoms with E-state index >= 15 is 0 Å². The number of nitrogen functional groups attached to an aromatic ring is 1. The average molecular weight is 461 g/mol. The first kappa shape index (κ1) is 20.6. The van der Waals surface area contributed by atoms with Crippen LogP contribution in [0, 0.1) is 0 Å². The summed E-state index contributed by atoms with van der Waals surface area (Å²) in [4.78, 5) is 19.7. The summed E-state index contributed by atoms with van der Waals surface area (Å²) in [5, 5.41) is 12.1. The predicted molar refractivity (Wildman–Crippen MR) is 121 cm³/mol. The third kappa shape index (κ3) is 4.56. The number of nitrogens with one attached hydrogen (secondary N) is 3. The summed E-state index contributed by atoms with van der Waals surface area (Å²) in [5.41, 5.74) is 8.46. The summed E-state index contributed by atoms with van der Waals surface area (Å²) in [7, 11) is 0. The molecule has 0 aliphatic rings. The summed E-state index contributed by atoms with van der Waals surface area (Å²) >= 11 is 13.8. The number of thioether (sulfide) groups is 1. The van der Waals surface area contributed by atoms with E-state index in [2.05, 4.69) is 25.5 Å². The van der Waals surface area contributed by atoms with E-state index in [-0.39, 0.29) is 23.5 Å². The van der Waals surface area contributed by atoms with Crippen LogP contribution >= 0.6 is 35.0 Å². The molecule has 0 fully saturated rings. The molecule has 7 nitrogen and oxygen atoms in total. The predicted octanol–water partition coefficient (Wildman–Crippen LogP) is 4.22. The fraction of sp³-hybridized carbons (Fsp3) is 0.150. The number of fused-ring (bicyclic) bond motifs is 1. The maximum atomic E-state index is 12.4. The second-order valence-electron chi connectivity index (χ2n) is 6.60. The van der Waals surface area contributed by atoms with Gasteiger partial charge >= 0.3 is 0 Å². The minimum atomic E-state index is -0.154. The lowest BCUT2D eigenvalue weighted by molar-refractivity contribution is -0.118. The molecular weight excluding hydrogens is 443 g/mol. The number of benzene rings is 2. The first-order chi connectivity index (χ1) is 14.5. The van der Waals surface area contributed by atoms with E-state index < -0.39 is 0 Å². The average Bonchev–Trinajstić information content (AvgIpc) is 3.34. The number of halogens is 2. The first-order valence-corrected chi connectivity index (χ1v) is 10.8. The van der Waals surface area contributed by atoms with Gasteiger partial charge in [0, 0.05) is 39.6 Å². The van der Waals surface area contributed by atoms with Gasteiger partial charge in [0.25, 0.3) is 0 Å². The Hall–Kier alpha value is -2.68. The van der Waals surface area contributed by atoms with Crippen LogP contribution < -0.4 is 11.1 Å². The van der Waals surface area contributed by atoms with Gasteiger partial charge in [-0.25, -0.2) is 5.10 Å². The number of hydrogen-bond donors (Lipinski definition) is 4. The number of carbonyl (C=O) groups is 1. The molecule has 5 N–H and O–H groups in total. The highest BCUT2D eigenvalue weighted by Crippen LogP contribution is 2.35. The molecule has 0 bridgehead atoms. The summed E-state index contributed by atoms with van der Waals surface area (Å²) in [6.45, 7) is 0.374. The smallest absolute Gasteiger partial charge is 0.230 e. The van der Waals surface area contributed by atoms with E-state index in [1.54, 1.807) is 12.1 Å². The Morgan fingerprint density at radius 2 is 2.03 bits per heavy atom. The van der Waals surface area contributed by atoms with Gasteiger partial charge in [0.05, 0.1) is 5.75 Å². The van der Waals surface area contributed by atoms with Gasteiger partial charge in [0.2, 0.25) is 17.0 Å². The molecule has 30 heavy (non-hydrogen) atoms. The number of nitrogens with zero attached hydrogens (tertiary/aromatic N) is 2. The Labute approximate surface area is 186 Å². The van der Waals surface area contributed by atoms with Gasteiger partial charge in [0.1, 0.15) is 0 Å². The molecule has 1 amide bonds. The molecule has 4 aromatic rings. The van der Waals surface area contributed by atoms with Gasteiger partial charge < -0.3 is 16.0 Å². The molecule has 2 aromatic heterocycles. The number of anilines is 1. The molecule has 2 heterocycles. The number of para-hydroxylation sites is 1. The molecule has 154 valence electrons. The van der Waals surface area contributed by atoms with E-state index in [9.17, 15) is 4.79 Å². The van der Waals surface area contributed by atoms with Gasteiger partial charge in [-0.2, -0.15) is 4.98 Å². The molecule has 2 aromatic carbocycles. The van der Waals surface area contributed by atoms with Crippen molar-refractivity contribution in [3.8, 4) is 0 Å². The van der Waals surface area contributed by atoms with Crippen molar-refractivity contribution in [1.82, 2.24) is 25.5 Å². The van der Waals surface area contributed by atoms with Crippen molar-refractivity contribution >= 4 is 57.7 Å². The molecule has 10 heteroatoms. The second-order valence-corrected chi connectivity index (χ2v) is 8.39. The zero-order valence-corrected chi connectivity index (χ0v) is 18.0. The number of rotatable bonds is 7. The topological polar surface area (TPSA) is 112 Å². The normalized spacial score (nSPS) is 12.2. The van der Waals surface area contributed by atoms with Crippen molar-refractivity contribution in [3.05, 3.63) is 69.8 Å². The third-order valence-electron chi connectivity index (χ3n) is 4.65. The lowest BCUT2D eigenvalue weighted by Crippen LogP contribution is -2.30. The van der Waals surface area contributed by atoms with Crippen molar-refractivity contribution < 1.29 is 4.79 Å². The molecule has 0 spiro atoms. The Kier molecular flexibility index (Phi) is 6.17. The largest absolute Gasteiger partial charge is 0.368 e. The Bertz CT molecular complexity index is 1190. The molecule has 0 aliphatic carbocycles. The van der Waals surface area contributed by atoms with Gasteiger partial charge in [-0.3, -0.25) is 4.79 Å². The van der Waals surface area contributed by atoms with Crippen molar-refractivity contribution in [2.75, 3.05) is 18.0 Å². The van der Waals surface area contributed by atoms with Crippen molar-refractivity contribution in [2.45, 2.75) is 11.1 Å². The van der Waals surface area contributed by atoms with Crippen LogP contribution in [0.1, 0.15) is 17.0 Å². The second kappa shape index (κ2) is 8.99. The molecule has 1 atom stereocenters. The van der Waals surface area contributed by atoms with E-state index in [0.29, 0.717) is 21.7 Å². The Balaban J connectivity index is 1.55. The van der Waals surface area contributed by atoms with Crippen LogP contribution in [-0.4, -0.2) is 38.4 Å². The van der Waals surface area contributed by atoms with E-state index in [0.717, 1.165) is 22.0 Å². The molecule has 0 saturated carbocycles. The van der Waals surface area contributed by atoms with Crippen molar-refractivity contribution in [3.63, 3.8) is 0 Å². The maximum Gasteiger partial charge on any atom is 0.230 e. The SMILES string of the molecule is Nc1nc(SCC(=O)NC[C@H](c2ccc(Cl)cc2Cl)c2c[nH]c3ccccc23)n[nH]1. The molecule has 0 aliphatic heterocycles. The minimum absolute atomic E-state index is 0.140. The van der Waals surface area contributed by atoms with Crippen molar-refractivity contribution in [1.29, 1.82) is 0 Å². The van der Waals surface area contributed by atoms with Crippen LogP contribution in [0.25, 0.3) is 10.9 Å². The number of aromatic amines is 2. The number of H-pyrrole nitrogens is 2.